The zero-order valence-corrected chi connectivity index (χ0v) is 15.8. The summed E-state index contributed by atoms with van der Waals surface area (Å²) in [6, 6.07) is 3.50. The Morgan fingerprint density at radius 1 is 1.08 bits per heavy atom. The zero-order chi connectivity index (χ0) is 18.4. The van der Waals surface area contributed by atoms with Crippen LogP contribution in [-0.2, 0) is 14.8 Å². The molecule has 0 aliphatic carbocycles. The number of amides is 1. The number of nitrogens with zero attached hydrogens (tertiary/aromatic N) is 1. The van der Waals surface area contributed by atoms with Crippen molar-refractivity contribution in [2.45, 2.75) is 43.5 Å². The Morgan fingerprint density at radius 2 is 1.68 bits per heavy atom. The van der Waals surface area contributed by atoms with Gasteiger partial charge in [0.1, 0.15) is 0 Å². The van der Waals surface area contributed by atoms with E-state index in [1.165, 1.54) is 32.4 Å². The predicted octanol–water partition coefficient (Wildman–Crippen LogP) is 1.77. The van der Waals surface area contributed by atoms with Crippen LogP contribution >= 0.6 is 0 Å². The van der Waals surface area contributed by atoms with Gasteiger partial charge >= 0.3 is 0 Å². The molecule has 0 bridgehead atoms. The molecular formula is C17H26N2O5S. The Kier molecular flexibility index (Phi) is 6.66. The summed E-state index contributed by atoms with van der Waals surface area (Å²) in [5, 5.41) is 0. The van der Waals surface area contributed by atoms with E-state index in [1.807, 2.05) is 0 Å². The average Bonchev–Trinajstić information content (AvgIpc) is 2.89. The molecule has 1 aliphatic heterocycles. The van der Waals surface area contributed by atoms with Crippen molar-refractivity contribution in [1.82, 2.24) is 9.62 Å². The molecule has 1 aromatic carbocycles. The van der Waals surface area contributed by atoms with E-state index in [0.717, 1.165) is 25.7 Å². The first-order chi connectivity index (χ1) is 11.9. The minimum atomic E-state index is -3.84. The maximum atomic E-state index is 12.6. The zero-order valence-electron chi connectivity index (χ0n) is 14.9. The maximum Gasteiger partial charge on any atom is 0.241 e. The second kappa shape index (κ2) is 8.53. The number of hydrogen-bond donors (Lipinski definition) is 1. The first-order valence-electron chi connectivity index (χ1n) is 8.42. The number of hydrogen-bond acceptors (Lipinski definition) is 5. The average molecular weight is 370 g/mol. The van der Waals surface area contributed by atoms with E-state index in [0.29, 0.717) is 24.6 Å². The lowest BCUT2D eigenvalue weighted by atomic mass is 10.2. The topological polar surface area (TPSA) is 84.9 Å². The lowest BCUT2D eigenvalue weighted by molar-refractivity contribution is -0.132. The molecule has 7 nitrogen and oxygen atoms in total. The van der Waals surface area contributed by atoms with Crippen molar-refractivity contribution in [2.75, 3.05) is 27.3 Å². The van der Waals surface area contributed by atoms with Crippen LogP contribution in [0.15, 0.2) is 23.1 Å². The van der Waals surface area contributed by atoms with Crippen molar-refractivity contribution in [3.63, 3.8) is 0 Å². The molecule has 1 atom stereocenters. The third-order valence-corrected chi connectivity index (χ3v) is 5.82. The number of nitrogens with one attached hydrogen (secondary N) is 1. The first kappa shape index (κ1) is 19.5. The Balaban J connectivity index is 2.13. The van der Waals surface area contributed by atoms with Crippen LogP contribution in [0.2, 0.25) is 0 Å². The number of likely N-dealkylation sites (tertiary alicyclic amines) is 1. The second-order valence-corrected chi connectivity index (χ2v) is 7.81. The van der Waals surface area contributed by atoms with Gasteiger partial charge in [-0.05, 0) is 31.9 Å². The Labute approximate surface area is 149 Å². The molecule has 1 amide bonds. The molecule has 1 N–H and O–H groups in total. The number of carbonyl (C=O) groups excluding carboxylic acids is 1. The smallest absolute Gasteiger partial charge is 0.241 e. The van der Waals surface area contributed by atoms with Crippen LogP contribution in [0.1, 0.15) is 32.6 Å². The number of sulfonamides is 1. The molecule has 1 heterocycles. The molecule has 0 spiro atoms. The van der Waals surface area contributed by atoms with Crippen molar-refractivity contribution in [3.05, 3.63) is 18.2 Å². The van der Waals surface area contributed by atoms with Gasteiger partial charge in [0, 0.05) is 19.2 Å². The van der Waals surface area contributed by atoms with Gasteiger partial charge in [-0.25, -0.2) is 8.42 Å². The first-order valence-corrected chi connectivity index (χ1v) is 9.90. The summed E-state index contributed by atoms with van der Waals surface area (Å²) in [6.45, 7) is 2.94. The van der Waals surface area contributed by atoms with Gasteiger partial charge in [-0.2, -0.15) is 4.72 Å². The maximum absolute atomic E-state index is 12.6. The summed E-state index contributed by atoms with van der Waals surface area (Å²) in [5.74, 6) is 0.568. The highest BCUT2D eigenvalue weighted by atomic mass is 32.2. The summed E-state index contributed by atoms with van der Waals surface area (Å²) in [7, 11) is -0.927. The van der Waals surface area contributed by atoms with Crippen LogP contribution in [0.3, 0.4) is 0 Å². The van der Waals surface area contributed by atoms with Gasteiger partial charge in [-0.1, -0.05) is 12.8 Å². The monoisotopic (exact) mass is 370 g/mol. The fraction of sp³-hybridized carbons (Fsp3) is 0.588. The van der Waals surface area contributed by atoms with Crippen LogP contribution in [0.25, 0.3) is 0 Å². The molecule has 0 unspecified atom stereocenters. The van der Waals surface area contributed by atoms with Gasteiger partial charge < -0.3 is 14.4 Å². The van der Waals surface area contributed by atoms with Gasteiger partial charge in [0.05, 0.1) is 25.2 Å². The fourth-order valence-electron chi connectivity index (χ4n) is 2.90. The van der Waals surface area contributed by atoms with E-state index >= 15 is 0 Å². The van der Waals surface area contributed by atoms with Crippen molar-refractivity contribution in [3.8, 4) is 11.5 Å². The molecule has 1 saturated heterocycles. The Bertz CT molecular complexity index is 697. The lowest BCUT2D eigenvalue weighted by Gasteiger charge is -2.24. The Morgan fingerprint density at radius 3 is 2.24 bits per heavy atom. The van der Waals surface area contributed by atoms with Crippen molar-refractivity contribution in [1.29, 1.82) is 0 Å². The second-order valence-electron chi connectivity index (χ2n) is 6.10. The van der Waals surface area contributed by atoms with Crippen molar-refractivity contribution >= 4 is 15.9 Å². The molecule has 0 saturated carbocycles. The van der Waals surface area contributed by atoms with Gasteiger partial charge in [-0.15, -0.1) is 0 Å². The summed E-state index contributed by atoms with van der Waals surface area (Å²) < 4.78 is 37.9. The number of methoxy groups -OCH3 is 2. The van der Waals surface area contributed by atoms with E-state index < -0.39 is 16.1 Å². The van der Waals surface area contributed by atoms with E-state index in [-0.39, 0.29) is 10.8 Å². The molecule has 0 aromatic heterocycles. The summed E-state index contributed by atoms with van der Waals surface area (Å²) in [4.78, 5) is 14.3. The lowest BCUT2D eigenvalue weighted by Crippen LogP contribution is -2.47. The normalized spacial score (nSPS) is 16.8. The predicted molar refractivity (Wildman–Crippen MR) is 94.4 cm³/mol. The number of ether oxygens (including phenoxy) is 2. The SMILES string of the molecule is COc1ccc(S(=O)(=O)N[C@H](C)C(=O)N2CCCCCC2)cc1OC. The highest BCUT2D eigenvalue weighted by Gasteiger charge is 2.27. The van der Waals surface area contributed by atoms with Gasteiger partial charge in [0.15, 0.2) is 11.5 Å². The van der Waals surface area contributed by atoms with Gasteiger partial charge in [0.2, 0.25) is 15.9 Å². The largest absolute Gasteiger partial charge is 0.493 e. The van der Waals surface area contributed by atoms with Crippen LogP contribution in [0.5, 0.6) is 11.5 Å². The number of benzene rings is 1. The molecule has 8 heteroatoms. The quantitative estimate of drug-likeness (QED) is 0.825. The van der Waals surface area contributed by atoms with Gasteiger partial charge in [-0.3, -0.25) is 4.79 Å². The molecule has 1 fully saturated rings. The van der Waals surface area contributed by atoms with Crippen molar-refractivity contribution < 1.29 is 22.7 Å². The molecule has 140 valence electrons. The van der Waals surface area contributed by atoms with Crippen molar-refractivity contribution in [2.24, 2.45) is 0 Å². The van der Waals surface area contributed by atoms with Crippen LogP contribution in [-0.4, -0.2) is 52.6 Å². The minimum absolute atomic E-state index is 0.0284. The summed E-state index contributed by atoms with van der Waals surface area (Å²) in [6.07, 6.45) is 4.13. The molecule has 25 heavy (non-hydrogen) atoms. The van der Waals surface area contributed by atoms with E-state index in [1.54, 1.807) is 11.8 Å². The van der Waals surface area contributed by atoms with Crippen LogP contribution in [0, 0.1) is 0 Å². The summed E-state index contributed by atoms with van der Waals surface area (Å²) in [5.41, 5.74) is 0. The van der Waals surface area contributed by atoms with Crippen LogP contribution in [0.4, 0.5) is 0 Å². The Hall–Kier alpha value is -1.80. The molecule has 2 rings (SSSR count). The number of carbonyl (C=O) groups is 1. The molecule has 1 aliphatic rings. The minimum Gasteiger partial charge on any atom is -0.493 e. The third kappa shape index (κ3) is 4.85. The molecule has 1 aromatic rings. The van der Waals surface area contributed by atoms with E-state index in [2.05, 4.69) is 4.72 Å². The highest BCUT2D eigenvalue weighted by molar-refractivity contribution is 7.89. The molecular weight excluding hydrogens is 344 g/mol. The molecule has 0 radical (unpaired) electrons. The van der Waals surface area contributed by atoms with Gasteiger partial charge in [0.25, 0.3) is 0 Å². The number of rotatable bonds is 6. The van der Waals surface area contributed by atoms with Crippen LogP contribution < -0.4 is 14.2 Å². The third-order valence-electron chi connectivity index (χ3n) is 4.29. The summed E-state index contributed by atoms with van der Waals surface area (Å²) >= 11 is 0. The van der Waals surface area contributed by atoms with E-state index in [9.17, 15) is 13.2 Å². The highest BCUT2D eigenvalue weighted by Crippen LogP contribution is 2.29. The fourth-order valence-corrected chi connectivity index (χ4v) is 4.11. The standard InChI is InChI=1S/C17H26N2O5S/c1-13(17(20)19-10-6-4-5-7-11-19)18-25(21,22)14-8-9-15(23-2)16(12-14)24-3/h8-9,12-13,18H,4-7,10-11H2,1-3H3/t13-/m1/s1. The van der Waals surface area contributed by atoms with E-state index in [4.69, 9.17) is 9.47 Å².